The summed E-state index contributed by atoms with van der Waals surface area (Å²) in [6, 6.07) is 5.10. The van der Waals surface area contributed by atoms with Gasteiger partial charge in [-0.05, 0) is 34.3 Å². The van der Waals surface area contributed by atoms with E-state index in [4.69, 9.17) is 5.11 Å². The topological polar surface area (TPSA) is 83.7 Å². The number of carboxylic acids is 1. The molecule has 21 heavy (non-hydrogen) atoms. The number of aliphatic carboxylic acids is 1. The molecule has 0 spiro atoms. The molecule has 0 heterocycles. The van der Waals surface area contributed by atoms with Crippen molar-refractivity contribution in [2.75, 3.05) is 6.54 Å². The number of benzene rings is 1. The van der Waals surface area contributed by atoms with E-state index in [9.17, 15) is 14.9 Å². The maximum absolute atomic E-state index is 11.1. The summed E-state index contributed by atoms with van der Waals surface area (Å²) in [7, 11) is 0. The van der Waals surface area contributed by atoms with E-state index >= 15 is 0 Å². The summed E-state index contributed by atoms with van der Waals surface area (Å²) in [6.45, 7) is 0.360. The van der Waals surface area contributed by atoms with Gasteiger partial charge < -0.3 is 5.11 Å². The fourth-order valence-corrected chi connectivity index (χ4v) is 3.34. The van der Waals surface area contributed by atoms with Gasteiger partial charge in [0.25, 0.3) is 5.69 Å². The highest BCUT2D eigenvalue weighted by molar-refractivity contribution is 9.10. The third-order valence-corrected chi connectivity index (χ3v) is 4.72. The number of hydrogen-bond acceptors (Lipinski definition) is 4. The van der Waals surface area contributed by atoms with Crippen LogP contribution in [0.3, 0.4) is 0 Å². The minimum Gasteiger partial charge on any atom is -0.480 e. The molecular weight excluding hydrogens is 340 g/mol. The van der Waals surface area contributed by atoms with Gasteiger partial charge in [-0.25, -0.2) is 0 Å². The lowest BCUT2D eigenvalue weighted by molar-refractivity contribution is -0.385. The lowest BCUT2D eigenvalue weighted by atomic mass is 10.1. The summed E-state index contributed by atoms with van der Waals surface area (Å²) >= 11 is 3.27. The number of halogens is 1. The Morgan fingerprint density at radius 1 is 1.43 bits per heavy atom. The number of nitrogens with zero attached hydrogens (tertiary/aromatic N) is 2. The Hall–Kier alpha value is -1.47. The Balaban J connectivity index is 2.21. The predicted molar refractivity (Wildman–Crippen MR) is 81.1 cm³/mol. The van der Waals surface area contributed by atoms with E-state index < -0.39 is 10.9 Å². The molecule has 0 bridgehead atoms. The largest absolute Gasteiger partial charge is 0.480 e. The first kappa shape index (κ1) is 15.9. The molecule has 2 rings (SSSR count). The van der Waals surface area contributed by atoms with Crippen LogP contribution in [0.2, 0.25) is 0 Å². The summed E-state index contributed by atoms with van der Waals surface area (Å²) in [4.78, 5) is 23.5. The van der Waals surface area contributed by atoms with Crippen molar-refractivity contribution in [3.63, 3.8) is 0 Å². The molecule has 1 fully saturated rings. The molecule has 7 heteroatoms. The first-order valence-corrected chi connectivity index (χ1v) is 7.66. The van der Waals surface area contributed by atoms with Gasteiger partial charge in [0, 0.05) is 18.7 Å². The fraction of sp³-hybridized carbons (Fsp3) is 0.500. The lowest BCUT2D eigenvalue weighted by Crippen LogP contribution is -2.37. The maximum atomic E-state index is 11.1. The minimum absolute atomic E-state index is 0.00852. The zero-order chi connectivity index (χ0) is 15.4. The number of nitro benzene ring substituents is 1. The van der Waals surface area contributed by atoms with Crippen LogP contribution in [0, 0.1) is 10.1 Å². The molecule has 1 aromatic carbocycles. The zero-order valence-electron chi connectivity index (χ0n) is 11.5. The molecule has 0 amide bonds. The Morgan fingerprint density at radius 3 is 2.67 bits per heavy atom. The Kier molecular flexibility index (Phi) is 5.30. The molecule has 0 aliphatic heterocycles. The van der Waals surface area contributed by atoms with Crippen LogP contribution < -0.4 is 0 Å². The van der Waals surface area contributed by atoms with Gasteiger partial charge in [-0.3, -0.25) is 19.8 Å². The van der Waals surface area contributed by atoms with Crippen LogP contribution >= 0.6 is 15.9 Å². The number of nitro groups is 1. The quantitative estimate of drug-likeness (QED) is 0.624. The molecule has 6 nitrogen and oxygen atoms in total. The van der Waals surface area contributed by atoms with Gasteiger partial charge in [-0.15, -0.1) is 0 Å². The summed E-state index contributed by atoms with van der Waals surface area (Å²) in [5.41, 5.74) is 0.756. The average Bonchev–Trinajstić information content (AvgIpc) is 2.93. The second kappa shape index (κ2) is 7.00. The highest BCUT2D eigenvalue weighted by Crippen LogP contribution is 2.31. The average molecular weight is 357 g/mol. The normalized spacial score (nSPS) is 15.5. The summed E-state index contributed by atoms with van der Waals surface area (Å²) in [5, 5.41) is 20.0. The van der Waals surface area contributed by atoms with Crippen molar-refractivity contribution >= 4 is 27.6 Å². The van der Waals surface area contributed by atoms with E-state index in [1.165, 1.54) is 6.07 Å². The standard InChI is InChI=1S/C14H17BrN2O4/c15-14-10(4-3-7-12(14)17(20)21)8-16(9-13(18)19)11-5-1-2-6-11/h3-4,7,11H,1-2,5-6,8-9H2,(H,18,19). The Labute approximate surface area is 131 Å². The molecule has 0 unspecified atom stereocenters. The smallest absolute Gasteiger partial charge is 0.317 e. The van der Waals surface area contributed by atoms with Crippen LogP contribution in [0.25, 0.3) is 0 Å². The fourth-order valence-electron chi connectivity index (χ4n) is 2.81. The van der Waals surface area contributed by atoms with Gasteiger partial charge in [0.2, 0.25) is 0 Å². The molecule has 0 aromatic heterocycles. The van der Waals surface area contributed by atoms with E-state index in [-0.39, 0.29) is 18.3 Å². The van der Waals surface area contributed by atoms with Gasteiger partial charge in [0.1, 0.15) is 0 Å². The lowest BCUT2D eigenvalue weighted by Gasteiger charge is -2.27. The van der Waals surface area contributed by atoms with Crippen LogP contribution in [0.4, 0.5) is 5.69 Å². The van der Waals surface area contributed by atoms with Crippen LogP contribution in [0.15, 0.2) is 22.7 Å². The van der Waals surface area contributed by atoms with Crippen molar-refractivity contribution in [3.8, 4) is 0 Å². The van der Waals surface area contributed by atoms with Crippen LogP contribution in [-0.4, -0.2) is 33.5 Å². The zero-order valence-corrected chi connectivity index (χ0v) is 13.1. The van der Waals surface area contributed by atoms with Gasteiger partial charge in [-0.2, -0.15) is 0 Å². The van der Waals surface area contributed by atoms with Crippen molar-refractivity contribution in [2.45, 2.75) is 38.3 Å². The first-order chi connectivity index (χ1) is 9.99. The van der Waals surface area contributed by atoms with Crippen molar-refractivity contribution in [3.05, 3.63) is 38.3 Å². The molecule has 0 saturated heterocycles. The minimum atomic E-state index is -0.872. The van der Waals surface area contributed by atoms with E-state index in [0.717, 1.165) is 31.2 Å². The molecule has 1 aliphatic rings. The third kappa shape index (κ3) is 4.01. The van der Waals surface area contributed by atoms with Crippen molar-refractivity contribution in [1.82, 2.24) is 4.90 Å². The second-order valence-corrected chi connectivity index (χ2v) is 6.04. The monoisotopic (exact) mass is 356 g/mol. The highest BCUT2D eigenvalue weighted by atomic mass is 79.9. The third-order valence-electron chi connectivity index (χ3n) is 3.81. The summed E-state index contributed by atoms with van der Waals surface area (Å²) in [5.74, 6) is -0.872. The highest BCUT2D eigenvalue weighted by Gasteiger charge is 2.26. The molecular formula is C14H17BrN2O4. The molecule has 1 N–H and O–H groups in total. The van der Waals surface area contributed by atoms with Gasteiger partial charge in [0.15, 0.2) is 0 Å². The molecule has 1 aliphatic carbocycles. The first-order valence-electron chi connectivity index (χ1n) is 6.86. The number of hydrogen-bond donors (Lipinski definition) is 1. The van der Waals surface area contributed by atoms with Crippen LogP contribution in [0.5, 0.6) is 0 Å². The summed E-state index contributed by atoms with van der Waals surface area (Å²) in [6.07, 6.45) is 4.19. The molecule has 0 radical (unpaired) electrons. The Bertz CT molecular complexity index is 544. The van der Waals surface area contributed by atoms with Crippen LogP contribution in [-0.2, 0) is 11.3 Å². The number of rotatable bonds is 6. The van der Waals surface area contributed by atoms with Gasteiger partial charge in [0.05, 0.1) is 15.9 Å². The van der Waals surface area contributed by atoms with Crippen molar-refractivity contribution in [1.29, 1.82) is 0 Å². The summed E-state index contributed by atoms with van der Waals surface area (Å²) < 4.78 is 0.434. The molecule has 1 saturated carbocycles. The maximum Gasteiger partial charge on any atom is 0.317 e. The number of carboxylic acid groups (broad SMARTS) is 1. The van der Waals surface area contributed by atoms with E-state index in [1.807, 2.05) is 4.90 Å². The predicted octanol–water partition coefficient (Wildman–Crippen LogP) is 3.19. The van der Waals surface area contributed by atoms with Gasteiger partial charge in [-0.1, -0.05) is 25.0 Å². The molecule has 0 atom stereocenters. The van der Waals surface area contributed by atoms with Gasteiger partial charge >= 0.3 is 5.97 Å². The van der Waals surface area contributed by atoms with E-state index in [1.54, 1.807) is 12.1 Å². The van der Waals surface area contributed by atoms with E-state index in [2.05, 4.69) is 15.9 Å². The van der Waals surface area contributed by atoms with Crippen molar-refractivity contribution in [2.24, 2.45) is 0 Å². The number of carbonyl (C=O) groups is 1. The molecule has 114 valence electrons. The SMILES string of the molecule is O=C(O)CN(Cc1cccc([N+](=O)[O-])c1Br)C1CCCC1. The van der Waals surface area contributed by atoms with E-state index in [0.29, 0.717) is 11.0 Å². The van der Waals surface area contributed by atoms with Crippen LogP contribution in [0.1, 0.15) is 31.2 Å². The van der Waals surface area contributed by atoms with Crippen molar-refractivity contribution < 1.29 is 14.8 Å². The molecule has 1 aromatic rings. The Morgan fingerprint density at radius 2 is 2.10 bits per heavy atom. The second-order valence-electron chi connectivity index (χ2n) is 5.24.